The van der Waals surface area contributed by atoms with Gasteiger partial charge in [0.2, 0.25) is 0 Å². The molecule has 1 fully saturated rings. The Balaban J connectivity index is 0.00000484. The van der Waals surface area contributed by atoms with E-state index in [-0.39, 0.29) is 24.0 Å². The molecule has 23 heavy (non-hydrogen) atoms. The molecule has 0 aromatic carbocycles. The predicted molar refractivity (Wildman–Crippen MR) is 110 cm³/mol. The lowest BCUT2D eigenvalue weighted by molar-refractivity contribution is 0.117. The summed E-state index contributed by atoms with van der Waals surface area (Å²) in [7, 11) is 4.28. The van der Waals surface area contributed by atoms with E-state index in [1.807, 2.05) is 0 Å². The van der Waals surface area contributed by atoms with Crippen LogP contribution in [0.1, 0.15) is 51.9 Å². The number of aliphatic imine (C=N–C) groups is 1. The molecule has 1 atom stereocenters. The number of hydrogen-bond acceptors (Lipinski definition) is 3. The van der Waals surface area contributed by atoms with Gasteiger partial charge in [-0.15, -0.1) is 24.0 Å². The molecule has 6 heteroatoms. The molecule has 0 aromatic rings. The van der Waals surface area contributed by atoms with Crippen LogP contribution >= 0.6 is 24.0 Å². The zero-order chi connectivity index (χ0) is 16.0. The second-order valence-electron chi connectivity index (χ2n) is 6.35. The van der Waals surface area contributed by atoms with E-state index in [9.17, 15) is 0 Å². The lowest BCUT2D eigenvalue weighted by atomic mass is 10.1. The molecule has 1 heterocycles. The smallest absolute Gasteiger partial charge is 0.191 e. The van der Waals surface area contributed by atoms with Crippen LogP contribution in [0.3, 0.4) is 0 Å². The van der Waals surface area contributed by atoms with E-state index in [4.69, 9.17) is 4.74 Å². The van der Waals surface area contributed by atoms with Gasteiger partial charge in [0.05, 0.1) is 12.6 Å². The van der Waals surface area contributed by atoms with Crippen LogP contribution in [-0.4, -0.2) is 63.8 Å². The minimum absolute atomic E-state index is 0. The molecule has 0 saturated carbocycles. The van der Waals surface area contributed by atoms with E-state index in [0.717, 1.165) is 38.6 Å². The second kappa shape index (κ2) is 15.4. The van der Waals surface area contributed by atoms with Crippen LogP contribution in [0.5, 0.6) is 0 Å². The van der Waals surface area contributed by atoms with Crippen molar-refractivity contribution in [2.75, 3.05) is 46.9 Å². The van der Waals surface area contributed by atoms with Crippen LogP contribution in [-0.2, 0) is 4.74 Å². The minimum atomic E-state index is 0. The highest BCUT2D eigenvalue weighted by Crippen LogP contribution is 2.11. The Morgan fingerprint density at radius 1 is 1.13 bits per heavy atom. The SMILES string of the molecule is CCNC(=NCC1CCCO1)NCCCCCCCN(C)C.I. The molecule has 1 unspecified atom stereocenters. The fourth-order valence-corrected chi connectivity index (χ4v) is 2.61. The van der Waals surface area contributed by atoms with Gasteiger partial charge in [0.25, 0.3) is 0 Å². The first kappa shape index (κ1) is 22.9. The summed E-state index contributed by atoms with van der Waals surface area (Å²) >= 11 is 0. The fourth-order valence-electron chi connectivity index (χ4n) is 2.61. The van der Waals surface area contributed by atoms with E-state index < -0.39 is 0 Å². The quantitative estimate of drug-likeness (QED) is 0.225. The zero-order valence-electron chi connectivity index (χ0n) is 15.3. The van der Waals surface area contributed by atoms with Gasteiger partial charge in [-0.25, -0.2) is 0 Å². The van der Waals surface area contributed by atoms with E-state index in [2.05, 4.69) is 41.5 Å². The molecule has 1 saturated heterocycles. The lowest BCUT2D eigenvalue weighted by Gasteiger charge is -2.13. The van der Waals surface area contributed by atoms with Crippen molar-refractivity contribution < 1.29 is 4.74 Å². The average molecular weight is 440 g/mol. The van der Waals surface area contributed by atoms with Gasteiger partial charge < -0.3 is 20.3 Å². The summed E-state index contributed by atoms with van der Waals surface area (Å²) in [6.45, 7) is 6.90. The summed E-state index contributed by atoms with van der Waals surface area (Å²) in [5.74, 6) is 0.936. The molecule has 1 aliphatic heterocycles. The maximum atomic E-state index is 5.61. The van der Waals surface area contributed by atoms with E-state index in [1.54, 1.807) is 0 Å². The number of guanidine groups is 1. The van der Waals surface area contributed by atoms with Crippen LogP contribution in [0.2, 0.25) is 0 Å². The molecule has 2 N–H and O–H groups in total. The maximum absolute atomic E-state index is 5.61. The molecule has 0 aromatic heterocycles. The van der Waals surface area contributed by atoms with Gasteiger partial charge in [0.1, 0.15) is 0 Å². The van der Waals surface area contributed by atoms with Crippen LogP contribution in [0.25, 0.3) is 0 Å². The molecule has 0 bridgehead atoms. The van der Waals surface area contributed by atoms with Crippen LogP contribution in [0.4, 0.5) is 0 Å². The van der Waals surface area contributed by atoms with E-state index in [0.29, 0.717) is 6.10 Å². The largest absolute Gasteiger partial charge is 0.376 e. The first-order chi connectivity index (χ1) is 10.7. The van der Waals surface area contributed by atoms with Crippen molar-refractivity contribution in [1.82, 2.24) is 15.5 Å². The van der Waals surface area contributed by atoms with Crippen LogP contribution in [0, 0.1) is 0 Å². The Labute approximate surface area is 160 Å². The number of nitrogens with one attached hydrogen (secondary N) is 2. The summed E-state index contributed by atoms with van der Waals surface area (Å²) in [6, 6.07) is 0. The Hall–Kier alpha value is -0.0800. The summed E-state index contributed by atoms with van der Waals surface area (Å²) in [5.41, 5.74) is 0. The van der Waals surface area contributed by atoms with Crippen molar-refractivity contribution >= 4 is 29.9 Å². The highest BCUT2D eigenvalue weighted by atomic mass is 127. The third-order valence-electron chi connectivity index (χ3n) is 3.90. The predicted octanol–water partition coefficient (Wildman–Crippen LogP) is 2.85. The number of halogens is 1. The molecular weight excluding hydrogens is 403 g/mol. The standard InChI is InChI=1S/C17H36N4O.HI/c1-4-18-17(20-15-16-11-10-14-22-16)19-12-8-6-5-7-9-13-21(2)3;/h16H,4-15H2,1-3H3,(H2,18,19,20);1H. The van der Waals surface area contributed by atoms with Crippen LogP contribution in [0.15, 0.2) is 4.99 Å². The molecule has 0 aliphatic carbocycles. The van der Waals surface area contributed by atoms with Crippen LogP contribution < -0.4 is 10.6 Å². The zero-order valence-corrected chi connectivity index (χ0v) is 17.6. The van der Waals surface area contributed by atoms with Gasteiger partial charge in [-0.2, -0.15) is 0 Å². The second-order valence-corrected chi connectivity index (χ2v) is 6.35. The van der Waals surface area contributed by atoms with Crippen molar-refractivity contribution in [3.63, 3.8) is 0 Å². The lowest BCUT2D eigenvalue weighted by Crippen LogP contribution is -2.38. The van der Waals surface area contributed by atoms with Crippen molar-refractivity contribution in [2.45, 2.75) is 58.0 Å². The average Bonchev–Trinajstić information content (AvgIpc) is 3.00. The van der Waals surface area contributed by atoms with E-state index in [1.165, 1.54) is 45.1 Å². The van der Waals surface area contributed by atoms with Crippen molar-refractivity contribution in [3.05, 3.63) is 0 Å². The Morgan fingerprint density at radius 3 is 2.52 bits per heavy atom. The number of unbranched alkanes of at least 4 members (excludes halogenated alkanes) is 4. The van der Waals surface area contributed by atoms with Crippen molar-refractivity contribution in [3.8, 4) is 0 Å². The summed E-state index contributed by atoms with van der Waals surface area (Å²) < 4.78 is 5.61. The van der Waals surface area contributed by atoms with Gasteiger partial charge in [-0.1, -0.05) is 19.3 Å². The molecule has 1 aliphatic rings. The molecular formula is C17H37IN4O. The number of nitrogens with zero attached hydrogens (tertiary/aromatic N) is 2. The first-order valence-corrected chi connectivity index (χ1v) is 9.01. The fraction of sp³-hybridized carbons (Fsp3) is 0.941. The first-order valence-electron chi connectivity index (χ1n) is 9.01. The molecule has 0 amide bonds. The summed E-state index contributed by atoms with van der Waals surface area (Å²) in [4.78, 5) is 6.88. The molecule has 5 nitrogen and oxygen atoms in total. The van der Waals surface area contributed by atoms with Gasteiger partial charge in [-0.3, -0.25) is 4.99 Å². The maximum Gasteiger partial charge on any atom is 0.191 e. The topological polar surface area (TPSA) is 48.9 Å². The van der Waals surface area contributed by atoms with Gasteiger partial charge in [0, 0.05) is 19.7 Å². The highest BCUT2D eigenvalue weighted by molar-refractivity contribution is 14.0. The van der Waals surface area contributed by atoms with Crippen molar-refractivity contribution in [2.24, 2.45) is 4.99 Å². The molecule has 0 spiro atoms. The molecule has 0 radical (unpaired) electrons. The summed E-state index contributed by atoms with van der Waals surface area (Å²) in [6.07, 6.45) is 9.15. The third kappa shape index (κ3) is 12.9. The van der Waals surface area contributed by atoms with Gasteiger partial charge in [0.15, 0.2) is 5.96 Å². The molecule has 138 valence electrons. The monoisotopic (exact) mass is 440 g/mol. The Morgan fingerprint density at radius 2 is 1.87 bits per heavy atom. The summed E-state index contributed by atoms with van der Waals surface area (Å²) in [5, 5.41) is 6.74. The van der Waals surface area contributed by atoms with Gasteiger partial charge >= 0.3 is 0 Å². The number of ether oxygens (including phenoxy) is 1. The van der Waals surface area contributed by atoms with Crippen molar-refractivity contribution in [1.29, 1.82) is 0 Å². The number of rotatable bonds is 11. The highest BCUT2D eigenvalue weighted by Gasteiger charge is 2.14. The normalized spacial score (nSPS) is 18.1. The Kier molecular flexibility index (Phi) is 15.4. The minimum Gasteiger partial charge on any atom is -0.376 e. The van der Waals surface area contributed by atoms with Gasteiger partial charge in [-0.05, 0) is 53.2 Å². The molecule has 1 rings (SSSR count). The third-order valence-corrected chi connectivity index (χ3v) is 3.90. The Bertz CT molecular complexity index is 294. The van der Waals surface area contributed by atoms with E-state index >= 15 is 0 Å². The number of hydrogen-bond donors (Lipinski definition) is 2.